The van der Waals surface area contributed by atoms with Crippen molar-refractivity contribution in [3.8, 4) is 0 Å². The first-order valence-electron chi connectivity index (χ1n) is 6.50. The first kappa shape index (κ1) is 16.0. The zero-order chi connectivity index (χ0) is 15.6. The second kappa shape index (κ2) is 6.58. The first-order chi connectivity index (χ1) is 9.88. The molecule has 1 unspecified atom stereocenters. The maximum atomic E-state index is 12.2. The van der Waals surface area contributed by atoms with E-state index in [1.165, 1.54) is 6.20 Å². The van der Waals surface area contributed by atoms with Gasteiger partial charge in [-0.25, -0.2) is 4.98 Å². The van der Waals surface area contributed by atoms with Crippen molar-refractivity contribution in [2.45, 2.75) is 27.3 Å². The molecule has 5 nitrogen and oxygen atoms in total. The molecule has 0 saturated heterocycles. The maximum absolute atomic E-state index is 12.2. The van der Waals surface area contributed by atoms with Gasteiger partial charge in [0, 0.05) is 11.9 Å². The number of carbonyl (C=O) groups excluding carboxylic acids is 1. The van der Waals surface area contributed by atoms with Crippen LogP contribution in [0.4, 0.5) is 5.82 Å². The molecule has 0 aliphatic rings. The van der Waals surface area contributed by atoms with Crippen LogP contribution in [0.1, 0.15) is 18.3 Å². The van der Waals surface area contributed by atoms with E-state index in [0.29, 0.717) is 17.4 Å². The Labute approximate surface area is 136 Å². The van der Waals surface area contributed by atoms with E-state index in [9.17, 15) is 4.79 Å². The summed E-state index contributed by atoms with van der Waals surface area (Å²) in [7, 11) is 0. The van der Waals surface area contributed by atoms with Gasteiger partial charge in [0.25, 0.3) is 0 Å². The summed E-state index contributed by atoms with van der Waals surface area (Å²) in [5.41, 5.74) is 1.93. The predicted molar refractivity (Wildman–Crippen MR) is 86.4 cm³/mol. The molecule has 0 aliphatic carbocycles. The molecule has 2 rings (SSSR count). The minimum atomic E-state index is -0.229. The van der Waals surface area contributed by atoms with Crippen LogP contribution in [0.2, 0.25) is 5.02 Å². The molecule has 0 radical (unpaired) electrons. The first-order valence-corrected chi connectivity index (χ1v) is 7.67. The number of nitrogens with zero attached hydrogens (tertiary/aromatic N) is 3. The fourth-order valence-corrected chi connectivity index (χ4v) is 2.29. The number of aryl methyl sites for hydroxylation is 1. The van der Waals surface area contributed by atoms with Crippen LogP contribution in [0, 0.1) is 19.8 Å². The Morgan fingerprint density at radius 3 is 2.71 bits per heavy atom. The smallest absolute Gasteiger partial charge is 0.230 e. The average Bonchev–Trinajstić information content (AvgIpc) is 2.69. The number of anilines is 1. The van der Waals surface area contributed by atoms with E-state index < -0.39 is 0 Å². The molecule has 0 aromatic carbocycles. The van der Waals surface area contributed by atoms with Gasteiger partial charge in [-0.15, -0.1) is 0 Å². The molecule has 1 atom stereocenters. The van der Waals surface area contributed by atoms with Crippen LogP contribution in [0.3, 0.4) is 0 Å². The molecular formula is C14H16BrClN4O. The fraction of sp³-hybridized carbons (Fsp3) is 0.357. The summed E-state index contributed by atoms with van der Waals surface area (Å²) in [6, 6.07) is 3.36. The standard InChI is InChI=1S/C14H16BrClN4O/c1-8(7-20-10(3)13(15)9(2)19-20)14(21)18-12-5-4-11(16)6-17-12/h4-6,8H,7H2,1-3H3,(H,17,18,21). The van der Waals surface area contributed by atoms with Crippen LogP contribution in [0.15, 0.2) is 22.8 Å². The molecule has 0 bridgehead atoms. The lowest BCUT2D eigenvalue weighted by molar-refractivity contribution is -0.119. The Hall–Kier alpha value is -1.40. The number of aromatic nitrogens is 3. The normalized spacial score (nSPS) is 12.2. The van der Waals surface area contributed by atoms with Crippen LogP contribution >= 0.6 is 27.5 Å². The molecule has 7 heteroatoms. The molecule has 112 valence electrons. The van der Waals surface area contributed by atoms with E-state index >= 15 is 0 Å². The minimum absolute atomic E-state index is 0.103. The van der Waals surface area contributed by atoms with E-state index in [0.717, 1.165) is 15.9 Å². The number of rotatable bonds is 4. The molecule has 1 N–H and O–H groups in total. The SMILES string of the molecule is Cc1nn(CC(C)C(=O)Nc2ccc(Cl)cn2)c(C)c1Br. The molecule has 2 aromatic rings. The molecule has 0 fully saturated rings. The Morgan fingerprint density at radius 1 is 1.48 bits per heavy atom. The van der Waals surface area contributed by atoms with Crippen LogP contribution in [-0.2, 0) is 11.3 Å². The number of carbonyl (C=O) groups is 1. The zero-order valence-electron chi connectivity index (χ0n) is 12.0. The van der Waals surface area contributed by atoms with Gasteiger partial charge in [0.2, 0.25) is 5.91 Å². The molecule has 2 heterocycles. The van der Waals surface area contributed by atoms with Crippen molar-refractivity contribution in [1.82, 2.24) is 14.8 Å². The van der Waals surface area contributed by atoms with Crippen molar-refractivity contribution in [3.05, 3.63) is 39.2 Å². The fourth-order valence-electron chi connectivity index (χ4n) is 1.89. The van der Waals surface area contributed by atoms with Gasteiger partial charge >= 0.3 is 0 Å². The molecule has 0 aliphatic heterocycles. The van der Waals surface area contributed by atoms with Gasteiger partial charge in [-0.3, -0.25) is 9.48 Å². The maximum Gasteiger partial charge on any atom is 0.230 e. The predicted octanol–water partition coefficient (Wildman–Crippen LogP) is 3.59. The molecule has 1 amide bonds. The quantitative estimate of drug-likeness (QED) is 0.893. The highest BCUT2D eigenvalue weighted by molar-refractivity contribution is 9.10. The summed E-state index contributed by atoms with van der Waals surface area (Å²) >= 11 is 9.24. The van der Waals surface area contributed by atoms with Gasteiger partial charge in [0.05, 0.1) is 27.7 Å². The van der Waals surface area contributed by atoms with Gasteiger partial charge in [0.1, 0.15) is 5.82 Å². The van der Waals surface area contributed by atoms with Gasteiger partial charge in [-0.1, -0.05) is 18.5 Å². The summed E-state index contributed by atoms with van der Waals surface area (Å²) in [6.45, 7) is 6.26. The molecule has 0 saturated carbocycles. The summed E-state index contributed by atoms with van der Waals surface area (Å²) in [6.07, 6.45) is 1.50. The summed E-state index contributed by atoms with van der Waals surface area (Å²) in [4.78, 5) is 16.2. The molecule has 21 heavy (non-hydrogen) atoms. The Morgan fingerprint density at radius 2 is 2.19 bits per heavy atom. The third-order valence-electron chi connectivity index (χ3n) is 3.17. The Kier molecular flexibility index (Phi) is 5.00. The number of hydrogen-bond acceptors (Lipinski definition) is 3. The third-order valence-corrected chi connectivity index (χ3v) is 4.54. The average molecular weight is 372 g/mol. The van der Waals surface area contributed by atoms with Gasteiger partial charge in [-0.2, -0.15) is 5.10 Å². The van der Waals surface area contributed by atoms with E-state index in [1.54, 1.807) is 12.1 Å². The van der Waals surface area contributed by atoms with E-state index in [1.807, 2.05) is 25.5 Å². The van der Waals surface area contributed by atoms with E-state index in [2.05, 4.69) is 31.3 Å². The van der Waals surface area contributed by atoms with Gasteiger partial charge < -0.3 is 5.32 Å². The summed E-state index contributed by atoms with van der Waals surface area (Å²) < 4.78 is 2.81. The van der Waals surface area contributed by atoms with Crippen molar-refractivity contribution in [3.63, 3.8) is 0 Å². The largest absolute Gasteiger partial charge is 0.310 e. The van der Waals surface area contributed by atoms with Crippen LogP contribution in [0.5, 0.6) is 0 Å². The van der Waals surface area contributed by atoms with Crippen molar-refractivity contribution in [1.29, 1.82) is 0 Å². The molecular weight excluding hydrogens is 356 g/mol. The third kappa shape index (κ3) is 3.83. The van der Waals surface area contributed by atoms with Crippen molar-refractivity contribution in [2.24, 2.45) is 5.92 Å². The highest BCUT2D eigenvalue weighted by Crippen LogP contribution is 2.21. The van der Waals surface area contributed by atoms with Crippen molar-refractivity contribution in [2.75, 3.05) is 5.32 Å². The van der Waals surface area contributed by atoms with Crippen molar-refractivity contribution >= 4 is 39.3 Å². The van der Waals surface area contributed by atoms with Gasteiger partial charge in [-0.05, 0) is 41.9 Å². The minimum Gasteiger partial charge on any atom is -0.310 e. The van der Waals surface area contributed by atoms with Crippen molar-refractivity contribution < 1.29 is 4.79 Å². The lowest BCUT2D eigenvalue weighted by atomic mass is 10.1. The Balaban J connectivity index is 2.02. The van der Waals surface area contributed by atoms with Gasteiger partial charge in [0.15, 0.2) is 0 Å². The number of nitrogens with one attached hydrogen (secondary N) is 1. The number of hydrogen-bond donors (Lipinski definition) is 1. The number of amides is 1. The second-order valence-electron chi connectivity index (χ2n) is 4.92. The lowest BCUT2D eigenvalue weighted by Crippen LogP contribution is -2.25. The van der Waals surface area contributed by atoms with Crippen LogP contribution in [-0.4, -0.2) is 20.7 Å². The summed E-state index contributed by atoms with van der Waals surface area (Å²) in [5, 5.41) is 7.71. The van der Waals surface area contributed by atoms with Crippen LogP contribution < -0.4 is 5.32 Å². The number of halogens is 2. The van der Waals surface area contributed by atoms with Crippen LogP contribution in [0.25, 0.3) is 0 Å². The zero-order valence-corrected chi connectivity index (χ0v) is 14.4. The second-order valence-corrected chi connectivity index (χ2v) is 6.15. The molecule has 0 spiro atoms. The highest BCUT2D eigenvalue weighted by Gasteiger charge is 2.17. The molecule has 2 aromatic heterocycles. The summed E-state index contributed by atoms with van der Waals surface area (Å²) in [5.74, 6) is 0.159. The monoisotopic (exact) mass is 370 g/mol. The topological polar surface area (TPSA) is 59.8 Å². The highest BCUT2D eigenvalue weighted by atomic mass is 79.9. The van der Waals surface area contributed by atoms with E-state index in [4.69, 9.17) is 11.6 Å². The lowest BCUT2D eigenvalue weighted by Gasteiger charge is -2.13. The Bertz CT molecular complexity index is 654. The van der Waals surface area contributed by atoms with E-state index in [-0.39, 0.29) is 11.8 Å². The number of pyridine rings is 1.